The number of ether oxygens (including phenoxy) is 1. The molecule has 0 radical (unpaired) electrons. The number of amides is 2. The summed E-state index contributed by atoms with van der Waals surface area (Å²) in [5, 5.41) is 4.89. The fourth-order valence-electron chi connectivity index (χ4n) is 2.12. The van der Waals surface area contributed by atoms with E-state index in [9.17, 15) is 22.4 Å². The summed E-state index contributed by atoms with van der Waals surface area (Å²) >= 11 is 0. The van der Waals surface area contributed by atoms with Crippen LogP contribution in [0.1, 0.15) is 6.42 Å². The van der Waals surface area contributed by atoms with Gasteiger partial charge in [0.2, 0.25) is 5.91 Å². The molecule has 1 unspecified atom stereocenters. The third-order valence-corrected chi connectivity index (χ3v) is 4.98. The number of hydrogen-bond acceptors (Lipinski definition) is 5. The van der Waals surface area contributed by atoms with Crippen molar-refractivity contribution in [1.82, 2.24) is 10.6 Å². The molecule has 1 saturated heterocycles. The highest BCUT2D eigenvalue weighted by atomic mass is 32.2. The maximum absolute atomic E-state index is 12.9. The molecular weight excluding hydrogens is 327 g/mol. The number of halogens is 1. The SMILES string of the molecule is O=C(COc1cccc(F)c1)NCC(=O)NC1CCS(=O)(=O)C1. The summed E-state index contributed by atoms with van der Waals surface area (Å²) in [6.07, 6.45) is 0.380. The normalized spacial score (nSPS) is 19.1. The van der Waals surface area contributed by atoms with Crippen LogP contribution in [0.2, 0.25) is 0 Å². The largest absolute Gasteiger partial charge is 0.484 e. The quantitative estimate of drug-likeness (QED) is 0.733. The van der Waals surface area contributed by atoms with Crippen LogP contribution in [0.3, 0.4) is 0 Å². The number of sulfone groups is 1. The zero-order chi connectivity index (χ0) is 16.9. The average Bonchev–Trinajstić information content (AvgIpc) is 2.82. The monoisotopic (exact) mass is 344 g/mol. The molecule has 2 rings (SSSR count). The first-order chi connectivity index (χ1) is 10.8. The lowest BCUT2D eigenvalue weighted by Gasteiger charge is -2.11. The van der Waals surface area contributed by atoms with Crippen LogP contribution in [-0.4, -0.2) is 50.9 Å². The topological polar surface area (TPSA) is 102 Å². The van der Waals surface area contributed by atoms with Gasteiger partial charge in [-0.15, -0.1) is 0 Å². The Morgan fingerprint density at radius 1 is 1.30 bits per heavy atom. The Balaban J connectivity index is 1.67. The second-order valence-corrected chi connectivity index (χ2v) is 7.42. The predicted octanol–water partition coefficient (Wildman–Crippen LogP) is -0.376. The Morgan fingerprint density at radius 2 is 2.09 bits per heavy atom. The number of rotatable bonds is 6. The lowest BCUT2D eigenvalue weighted by molar-refractivity contribution is -0.127. The molecule has 23 heavy (non-hydrogen) atoms. The molecule has 0 saturated carbocycles. The first-order valence-corrected chi connectivity index (χ1v) is 8.81. The molecule has 1 aliphatic rings. The highest BCUT2D eigenvalue weighted by Gasteiger charge is 2.28. The lowest BCUT2D eigenvalue weighted by Crippen LogP contribution is -2.43. The number of benzene rings is 1. The lowest BCUT2D eigenvalue weighted by atomic mass is 10.2. The minimum absolute atomic E-state index is 0.0613. The van der Waals surface area contributed by atoms with Crippen molar-refractivity contribution >= 4 is 21.7 Å². The van der Waals surface area contributed by atoms with Gasteiger partial charge in [0.05, 0.1) is 18.1 Å². The first kappa shape index (κ1) is 17.2. The molecule has 2 N–H and O–H groups in total. The molecule has 0 bridgehead atoms. The molecule has 1 atom stereocenters. The first-order valence-electron chi connectivity index (χ1n) is 6.99. The third-order valence-electron chi connectivity index (χ3n) is 3.21. The number of nitrogens with one attached hydrogen (secondary N) is 2. The molecule has 0 aliphatic carbocycles. The van der Waals surface area contributed by atoms with Gasteiger partial charge in [0.1, 0.15) is 11.6 Å². The summed E-state index contributed by atoms with van der Waals surface area (Å²) in [6, 6.07) is 4.93. The van der Waals surface area contributed by atoms with Crippen LogP contribution in [-0.2, 0) is 19.4 Å². The number of carbonyl (C=O) groups is 2. The van der Waals surface area contributed by atoms with Gasteiger partial charge in [-0.05, 0) is 18.6 Å². The Kier molecular flexibility index (Phi) is 5.54. The maximum atomic E-state index is 12.9. The fraction of sp³-hybridized carbons (Fsp3) is 0.429. The molecule has 1 heterocycles. The molecular formula is C14H17FN2O5S. The second-order valence-electron chi connectivity index (χ2n) is 5.19. The summed E-state index contributed by atoms with van der Waals surface area (Å²) in [6.45, 7) is -0.629. The van der Waals surface area contributed by atoms with E-state index in [0.29, 0.717) is 6.42 Å². The van der Waals surface area contributed by atoms with E-state index in [1.165, 1.54) is 18.2 Å². The van der Waals surface area contributed by atoms with Gasteiger partial charge in [-0.25, -0.2) is 12.8 Å². The van der Waals surface area contributed by atoms with Gasteiger partial charge in [-0.2, -0.15) is 0 Å². The molecule has 0 spiro atoms. The van der Waals surface area contributed by atoms with E-state index < -0.39 is 33.5 Å². The third kappa shape index (κ3) is 5.85. The average molecular weight is 344 g/mol. The summed E-state index contributed by atoms with van der Waals surface area (Å²) in [4.78, 5) is 23.2. The van der Waals surface area contributed by atoms with E-state index in [-0.39, 0.29) is 30.4 Å². The van der Waals surface area contributed by atoms with E-state index in [4.69, 9.17) is 4.74 Å². The van der Waals surface area contributed by atoms with Crippen LogP contribution in [0.25, 0.3) is 0 Å². The van der Waals surface area contributed by atoms with Crippen molar-refractivity contribution < 1.29 is 27.1 Å². The van der Waals surface area contributed by atoms with Crippen molar-refractivity contribution in [2.24, 2.45) is 0 Å². The van der Waals surface area contributed by atoms with Gasteiger partial charge >= 0.3 is 0 Å². The second kappa shape index (κ2) is 7.40. The van der Waals surface area contributed by atoms with Crippen molar-refractivity contribution in [2.45, 2.75) is 12.5 Å². The minimum atomic E-state index is -3.07. The highest BCUT2D eigenvalue weighted by molar-refractivity contribution is 7.91. The van der Waals surface area contributed by atoms with Crippen LogP contribution in [0, 0.1) is 5.82 Å². The Labute approximate surface area is 133 Å². The van der Waals surface area contributed by atoms with Crippen LogP contribution in [0.5, 0.6) is 5.75 Å². The smallest absolute Gasteiger partial charge is 0.258 e. The zero-order valence-corrected chi connectivity index (χ0v) is 13.1. The van der Waals surface area contributed by atoms with Gasteiger partial charge in [-0.3, -0.25) is 9.59 Å². The Bertz CT molecular complexity index is 692. The van der Waals surface area contributed by atoms with E-state index in [0.717, 1.165) is 6.07 Å². The van der Waals surface area contributed by atoms with Crippen molar-refractivity contribution in [2.75, 3.05) is 24.7 Å². The number of carbonyl (C=O) groups excluding carboxylic acids is 2. The van der Waals surface area contributed by atoms with E-state index >= 15 is 0 Å². The van der Waals surface area contributed by atoms with Crippen molar-refractivity contribution in [3.8, 4) is 5.75 Å². The summed E-state index contributed by atoms with van der Waals surface area (Å²) in [7, 11) is -3.07. The van der Waals surface area contributed by atoms with Crippen molar-refractivity contribution in [3.63, 3.8) is 0 Å². The molecule has 126 valence electrons. The molecule has 1 aliphatic heterocycles. The Morgan fingerprint density at radius 3 is 2.74 bits per heavy atom. The standard InChI is InChI=1S/C14H17FN2O5S/c15-10-2-1-3-12(6-10)22-8-14(19)16-7-13(18)17-11-4-5-23(20,21)9-11/h1-3,6,11H,4-5,7-9H2,(H,16,19)(H,17,18). The molecule has 1 aromatic carbocycles. The predicted molar refractivity (Wildman–Crippen MR) is 80.1 cm³/mol. The van der Waals surface area contributed by atoms with Crippen molar-refractivity contribution in [1.29, 1.82) is 0 Å². The summed E-state index contributed by atoms with van der Waals surface area (Å²) < 4.78 is 40.5. The van der Waals surface area contributed by atoms with Crippen molar-refractivity contribution in [3.05, 3.63) is 30.1 Å². The molecule has 1 fully saturated rings. The molecule has 1 aromatic rings. The Hall–Kier alpha value is -2.16. The van der Waals surface area contributed by atoms with Crippen LogP contribution >= 0.6 is 0 Å². The van der Waals surface area contributed by atoms with Crippen LogP contribution < -0.4 is 15.4 Å². The van der Waals surface area contributed by atoms with Crippen LogP contribution in [0.4, 0.5) is 4.39 Å². The summed E-state index contributed by atoms with van der Waals surface area (Å²) in [5.74, 6) is -1.29. The molecule has 7 nitrogen and oxygen atoms in total. The highest BCUT2D eigenvalue weighted by Crippen LogP contribution is 2.12. The van der Waals surface area contributed by atoms with E-state index in [1.54, 1.807) is 0 Å². The zero-order valence-electron chi connectivity index (χ0n) is 12.2. The van der Waals surface area contributed by atoms with Crippen LogP contribution in [0.15, 0.2) is 24.3 Å². The fourth-order valence-corrected chi connectivity index (χ4v) is 3.80. The van der Waals surface area contributed by atoms with Gasteiger partial charge < -0.3 is 15.4 Å². The van der Waals surface area contributed by atoms with Gasteiger partial charge in [0.15, 0.2) is 16.4 Å². The molecule has 0 aromatic heterocycles. The van der Waals surface area contributed by atoms with E-state index in [2.05, 4.69) is 10.6 Å². The summed E-state index contributed by atoms with van der Waals surface area (Å²) in [5.41, 5.74) is 0. The number of hydrogen-bond donors (Lipinski definition) is 2. The molecule has 9 heteroatoms. The maximum Gasteiger partial charge on any atom is 0.258 e. The van der Waals surface area contributed by atoms with Gasteiger partial charge in [-0.1, -0.05) is 6.07 Å². The molecule has 2 amide bonds. The van der Waals surface area contributed by atoms with Gasteiger partial charge in [0, 0.05) is 12.1 Å². The van der Waals surface area contributed by atoms with E-state index in [1.807, 2.05) is 0 Å². The minimum Gasteiger partial charge on any atom is -0.484 e. The van der Waals surface area contributed by atoms with Gasteiger partial charge in [0.25, 0.3) is 5.91 Å².